The maximum Gasteiger partial charge on any atom is 0.227 e. The zero-order valence-corrected chi connectivity index (χ0v) is 17.5. The van der Waals surface area contributed by atoms with Crippen LogP contribution in [-0.2, 0) is 0 Å². The molecule has 4 N–H and O–H groups in total. The summed E-state index contributed by atoms with van der Waals surface area (Å²) in [5.41, 5.74) is 11.1. The van der Waals surface area contributed by atoms with Crippen molar-refractivity contribution in [3.8, 4) is 0 Å². The highest BCUT2D eigenvalue weighted by atomic mass is 35.5. The Balaban J connectivity index is 1.70. The van der Waals surface area contributed by atoms with E-state index in [0.717, 1.165) is 59.0 Å². The predicted molar refractivity (Wildman–Crippen MR) is 125 cm³/mol. The third-order valence-electron chi connectivity index (χ3n) is 6.00. The molecule has 6 rings (SSSR count). The monoisotopic (exact) mass is 432 g/mol. The van der Waals surface area contributed by atoms with Gasteiger partial charge in [0.25, 0.3) is 0 Å². The maximum absolute atomic E-state index is 6.50. The molecule has 0 aliphatic carbocycles. The predicted octanol–water partition coefficient (Wildman–Crippen LogP) is 5.04. The topological polar surface area (TPSA) is 99.8 Å². The largest absolute Gasteiger partial charge is 0.454 e. The number of nitrogens with one attached hydrogen (secondary N) is 2. The van der Waals surface area contributed by atoms with Crippen LogP contribution in [0.4, 0.5) is 5.69 Å². The third-order valence-corrected chi connectivity index (χ3v) is 6.28. The first-order valence-electron chi connectivity index (χ1n) is 10.4. The molecule has 8 heteroatoms. The summed E-state index contributed by atoms with van der Waals surface area (Å²) in [5, 5.41) is 2.31. The average Bonchev–Trinajstić information content (AvgIpc) is 3.21. The van der Waals surface area contributed by atoms with Crippen LogP contribution < -0.4 is 10.6 Å². The van der Waals surface area contributed by atoms with Gasteiger partial charge in [-0.15, -0.1) is 0 Å². The number of aromatic nitrogens is 4. The highest BCUT2D eigenvalue weighted by Gasteiger charge is 2.17. The van der Waals surface area contributed by atoms with Gasteiger partial charge in [0.1, 0.15) is 5.58 Å². The summed E-state index contributed by atoms with van der Waals surface area (Å²) in [6.45, 7) is 1.88. The molecular formula is C23H21ClN6O. The summed E-state index contributed by atoms with van der Waals surface area (Å²) in [6.07, 6.45) is 5.51. The second kappa shape index (κ2) is 7.14. The smallest absolute Gasteiger partial charge is 0.227 e. The van der Waals surface area contributed by atoms with E-state index < -0.39 is 0 Å². The fourth-order valence-corrected chi connectivity index (χ4v) is 4.52. The van der Waals surface area contributed by atoms with Crippen molar-refractivity contribution in [1.29, 1.82) is 0 Å². The van der Waals surface area contributed by atoms with Gasteiger partial charge in [-0.25, -0.2) is 9.97 Å². The first-order valence-corrected chi connectivity index (χ1v) is 10.8. The first kappa shape index (κ1) is 18.5. The normalized spacial score (nSPS) is 15.4. The van der Waals surface area contributed by atoms with E-state index in [-0.39, 0.29) is 6.04 Å². The molecule has 0 spiro atoms. The molecule has 1 fully saturated rings. The Morgan fingerprint density at radius 3 is 2.84 bits per heavy atom. The number of hydrogen-bond donors (Lipinski definition) is 3. The van der Waals surface area contributed by atoms with E-state index in [0.29, 0.717) is 21.9 Å². The summed E-state index contributed by atoms with van der Waals surface area (Å²) < 4.78 is 6.50. The van der Waals surface area contributed by atoms with E-state index in [9.17, 15) is 0 Å². The molecule has 0 saturated carbocycles. The number of aromatic amines is 2. The van der Waals surface area contributed by atoms with Gasteiger partial charge in [0, 0.05) is 48.0 Å². The molecule has 0 amide bonds. The van der Waals surface area contributed by atoms with Crippen LogP contribution in [0.5, 0.6) is 0 Å². The summed E-state index contributed by atoms with van der Waals surface area (Å²) in [4.78, 5) is 18.0. The number of H-pyrrole nitrogens is 2. The van der Waals surface area contributed by atoms with E-state index >= 15 is 0 Å². The Morgan fingerprint density at radius 2 is 1.97 bits per heavy atom. The van der Waals surface area contributed by atoms with Gasteiger partial charge in [-0.1, -0.05) is 17.7 Å². The van der Waals surface area contributed by atoms with Crippen LogP contribution in [0.25, 0.3) is 44.3 Å². The van der Waals surface area contributed by atoms with E-state index in [1.165, 1.54) is 0 Å². The first-order chi connectivity index (χ1) is 15.2. The van der Waals surface area contributed by atoms with Gasteiger partial charge in [-0.05, 0) is 37.1 Å². The number of nitrogens with two attached hydrogens (primary N) is 1. The molecule has 0 radical (unpaired) electrons. The fraction of sp³-hybridized carbons (Fsp3) is 0.217. The Hall–Kier alpha value is -3.29. The van der Waals surface area contributed by atoms with Gasteiger partial charge in [0.05, 0.1) is 27.6 Å². The van der Waals surface area contributed by atoms with E-state index in [1.807, 2.05) is 30.5 Å². The van der Waals surface area contributed by atoms with Gasteiger partial charge >= 0.3 is 0 Å². The molecule has 5 aromatic rings. The molecule has 156 valence electrons. The van der Waals surface area contributed by atoms with Crippen molar-refractivity contribution >= 4 is 61.6 Å². The highest BCUT2D eigenvalue weighted by Crippen LogP contribution is 2.31. The molecule has 31 heavy (non-hydrogen) atoms. The minimum Gasteiger partial charge on any atom is -0.454 e. The number of fused-ring (bicyclic) bond motifs is 4. The molecule has 4 heterocycles. The molecule has 1 aliphatic rings. The number of benzene rings is 2. The van der Waals surface area contributed by atoms with Crippen LogP contribution in [0.15, 0.2) is 53.2 Å². The van der Waals surface area contributed by atoms with Gasteiger partial charge < -0.3 is 25.0 Å². The summed E-state index contributed by atoms with van der Waals surface area (Å²) in [7, 11) is 0. The number of halogens is 1. The lowest BCUT2D eigenvalue weighted by atomic mass is 10.1. The van der Waals surface area contributed by atoms with Crippen molar-refractivity contribution in [2.24, 2.45) is 5.73 Å². The quantitative estimate of drug-likeness (QED) is 0.344. The van der Waals surface area contributed by atoms with Crippen LogP contribution in [0, 0.1) is 0 Å². The molecule has 7 nitrogen and oxygen atoms in total. The van der Waals surface area contributed by atoms with Crippen LogP contribution >= 0.6 is 11.6 Å². The fourth-order valence-electron chi connectivity index (χ4n) is 4.33. The van der Waals surface area contributed by atoms with Crippen molar-refractivity contribution in [2.75, 3.05) is 18.0 Å². The van der Waals surface area contributed by atoms with Crippen molar-refractivity contribution in [2.45, 2.75) is 18.9 Å². The SMILES string of the molecule is NC1CCN(c2ccc3[nH]c4ncc(Cl)c(n4)c4c[nH]c5cccc(oc3c2)c54)CC1. The van der Waals surface area contributed by atoms with Crippen LogP contribution in [0.2, 0.25) is 5.02 Å². The lowest BCUT2D eigenvalue weighted by molar-refractivity contribution is 0.501. The summed E-state index contributed by atoms with van der Waals surface area (Å²) in [6, 6.07) is 12.4. The lowest BCUT2D eigenvalue weighted by Crippen LogP contribution is -2.39. The Bertz CT molecular complexity index is 1490. The highest BCUT2D eigenvalue weighted by molar-refractivity contribution is 6.35. The zero-order valence-electron chi connectivity index (χ0n) is 16.7. The maximum atomic E-state index is 6.50. The average molecular weight is 433 g/mol. The number of anilines is 1. The number of piperidine rings is 1. The summed E-state index contributed by atoms with van der Waals surface area (Å²) >= 11 is 6.45. The van der Waals surface area contributed by atoms with Crippen LogP contribution in [0.3, 0.4) is 0 Å². The van der Waals surface area contributed by atoms with Gasteiger partial charge in [-0.2, -0.15) is 0 Å². The number of nitrogens with zero attached hydrogens (tertiary/aromatic N) is 3. The Labute approximate surface area is 182 Å². The standard InChI is InChI=1S/C23H21ClN6O/c24-16-12-27-23-28-17-5-4-14(30-8-6-13(25)7-9-30)10-20(17)31-19-3-1-2-18-21(19)15(11-26-18)22(16)29-23/h1-5,10-13,26H,6-9,25H2,(H,27,28,29). The Morgan fingerprint density at radius 1 is 1.10 bits per heavy atom. The van der Waals surface area contributed by atoms with E-state index in [4.69, 9.17) is 26.7 Å². The molecule has 2 aromatic carbocycles. The number of hydrogen-bond acceptors (Lipinski definition) is 5. The molecule has 2 bridgehead atoms. The Kier molecular flexibility index (Phi) is 4.26. The molecule has 3 aromatic heterocycles. The van der Waals surface area contributed by atoms with Crippen molar-refractivity contribution in [3.05, 3.63) is 53.8 Å². The summed E-state index contributed by atoms with van der Waals surface area (Å²) in [5.74, 6) is 0.467. The second-order valence-corrected chi connectivity index (χ2v) is 8.41. The molecule has 0 atom stereocenters. The molecule has 1 saturated heterocycles. The van der Waals surface area contributed by atoms with Crippen LogP contribution in [-0.4, -0.2) is 39.1 Å². The molecule has 0 unspecified atom stereocenters. The second-order valence-electron chi connectivity index (χ2n) is 8.00. The minimum absolute atomic E-state index is 0.284. The van der Waals surface area contributed by atoms with Crippen molar-refractivity contribution < 1.29 is 4.42 Å². The van der Waals surface area contributed by atoms with Gasteiger partial charge in [0.2, 0.25) is 5.78 Å². The number of rotatable bonds is 1. The van der Waals surface area contributed by atoms with Crippen LogP contribution in [0.1, 0.15) is 12.8 Å². The lowest BCUT2D eigenvalue weighted by Gasteiger charge is -2.31. The molecule has 1 aliphatic heterocycles. The van der Waals surface area contributed by atoms with Crippen molar-refractivity contribution in [1.82, 2.24) is 19.9 Å². The van der Waals surface area contributed by atoms with Gasteiger partial charge in [0.15, 0.2) is 5.58 Å². The minimum atomic E-state index is 0.284. The van der Waals surface area contributed by atoms with E-state index in [1.54, 1.807) is 6.20 Å². The van der Waals surface area contributed by atoms with Crippen molar-refractivity contribution in [3.63, 3.8) is 0 Å². The third kappa shape index (κ3) is 3.17. The zero-order chi connectivity index (χ0) is 20.9. The van der Waals surface area contributed by atoms with E-state index in [2.05, 4.69) is 32.0 Å². The van der Waals surface area contributed by atoms with Gasteiger partial charge in [-0.3, -0.25) is 0 Å². The molecular weight excluding hydrogens is 412 g/mol.